The first-order valence-corrected chi connectivity index (χ1v) is 7.77. The van der Waals surface area contributed by atoms with Crippen LogP contribution in [0.15, 0.2) is 0 Å². The summed E-state index contributed by atoms with van der Waals surface area (Å²) in [5, 5.41) is -0.251. The van der Waals surface area contributed by atoms with E-state index in [1.165, 1.54) is 6.42 Å². The molecule has 2 N–H and O–H groups in total. The van der Waals surface area contributed by atoms with Gasteiger partial charge in [-0.15, -0.1) is 0 Å². The minimum Gasteiger partial charge on any atom is -0.324 e. The zero-order valence-electron chi connectivity index (χ0n) is 9.24. The lowest BCUT2D eigenvalue weighted by Crippen LogP contribution is -2.56. The molecule has 0 aromatic rings. The molecule has 3 nitrogen and oxygen atoms in total. The van der Waals surface area contributed by atoms with Gasteiger partial charge in [-0.05, 0) is 25.7 Å². The molecule has 2 aliphatic rings. The highest BCUT2D eigenvalue weighted by Gasteiger charge is 2.44. The maximum Gasteiger partial charge on any atom is 0.154 e. The van der Waals surface area contributed by atoms with E-state index in [0.717, 1.165) is 44.9 Å². The third-order valence-electron chi connectivity index (χ3n) is 4.00. The van der Waals surface area contributed by atoms with Gasteiger partial charge in [0.1, 0.15) is 0 Å². The third-order valence-corrected chi connectivity index (χ3v) is 6.43. The average molecular weight is 231 g/mol. The summed E-state index contributed by atoms with van der Waals surface area (Å²) in [6, 6.07) is 0. The predicted molar refractivity (Wildman–Crippen MR) is 61.4 cm³/mol. The molecular formula is C11H21NO2S. The molecule has 0 aromatic heterocycles. The molecule has 0 spiro atoms. The molecule has 1 saturated carbocycles. The Morgan fingerprint density at radius 2 is 1.67 bits per heavy atom. The van der Waals surface area contributed by atoms with E-state index in [9.17, 15) is 8.42 Å². The molecule has 1 atom stereocenters. The van der Waals surface area contributed by atoms with Gasteiger partial charge in [-0.25, -0.2) is 8.42 Å². The fourth-order valence-corrected chi connectivity index (χ4v) is 5.50. The smallest absolute Gasteiger partial charge is 0.154 e. The first-order chi connectivity index (χ1) is 7.05. The molecular weight excluding hydrogens is 210 g/mol. The van der Waals surface area contributed by atoms with Crippen LogP contribution >= 0.6 is 0 Å². The first kappa shape index (κ1) is 11.4. The van der Waals surface area contributed by atoms with Gasteiger partial charge in [0, 0.05) is 5.54 Å². The minimum atomic E-state index is -2.91. The van der Waals surface area contributed by atoms with Crippen molar-refractivity contribution in [1.82, 2.24) is 0 Å². The Morgan fingerprint density at radius 3 is 2.27 bits per heavy atom. The van der Waals surface area contributed by atoms with E-state index >= 15 is 0 Å². The lowest BCUT2D eigenvalue weighted by molar-refractivity contribution is 0.268. The maximum absolute atomic E-state index is 12.0. The Morgan fingerprint density at radius 1 is 1.00 bits per heavy atom. The van der Waals surface area contributed by atoms with Gasteiger partial charge in [-0.2, -0.15) is 0 Å². The average Bonchev–Trinajstić information content (AvgIpc) is 2.17. The predicted octanol–water partition coefficient (Wildman–Crippen LogP) is 1.62. The quantitative estimate of drug-likeness (QED) is 0.746. The molecule has 1 saturated heterocycles. The lowest BCUT2D eigenvalue weighted by Gasteiger charge is -2.41. The van der Waals surface area contributed by atoms with Crippen LogP contribution in [0, 0.1) is 0 Å². The van der Waals surface area contributed by atoms with Crippen LogP contribution in [0.25, 0.3) is 0 Å². The largest absolute Gasteiger partial charge is 0.324 e. The molecule has 0 amide bonds. The number of hydrogen-bond donors (Lipinski definition) is 1. The van der Waals surface area contributed by atoms with Crippen molar-refractivity contribution in [2.75, 3.05) is 5.75 Å². The number of rotatable bonds is 1. The number of sulfone groups is 1. The standard InChI is InChI=1S/C11H21NO2S/c12-11(7-3-1-4-8-11)10-6-2-5-9-15(10,13)14/h10H,1-9,12H2. The minimum absolute atomic E-state index is 0.251. The Labute approximate surface area is 92.3 Å². The molecule has 0 aromatic carbocycles. The molecule has 4 heteroatoms. The highest BCUT2D eigenvalue weighted by molar-refractivity contribution is 7.92. The molecule has 1 aliphatic carbocycles. The van der Waals surface area contributed by atoms with E-state index in [1.54, 1.807) is 0 Å². The van der Waals surface area contributed by atoms with Crippen LogP contribution in [0.2, 0.25) is 0 Å². The van der Waals surface area contributed by atoms with E-state index in [4.69, 9.17) is 5.73 Å². The molecule has 0 bridgehead atoms. The SMILES string of the molecule is NC1(C2CCCCS2(=O)=O)CCCCC1. The summed E-state index contributed by atoms with van der Waals surface area (Å²) in [5.74, 6) is 0.358. The van der Waals surface area contributed by atoms with Crippen molar-refractivity contribution >= 4 is 9.84 Å². The van der Waals surface area contributed by atoms with Crippen molar-refractivity contribution in [2.24, 2.45) is 5.73 Å². The van der Waals surface area contributed by atoms with Crippen molar-refractivity contribution in [3.05, 3.63) is 0 Å². The van der Waals surface area contributed by atoms with Crippen molar-refractivity contribution in [1.29, 1.82) is 0 Å². The second-order valence-electron chi connectivity index (χ2n) is 5.15. The normalized spacial score (nSPS) is 34.9. The van der Waals surface area contributed by atoms with E-state index in [1.807, 2.05) is 0 Å². The van der Waals surface area contributed by atoms with Crippen molar-refractivity contribution < 1.29 is 8.42 Å². The summed E-state index contributed by atoms with van der Waals surface area (Å²) in [4.78, 5) is 0. The second-order valence-corrected chi connectivity index (χ2v) is 7.45. The molecule has 15 heavy (non-hydrogen) atoms. The van der Waals surface area contributed by atoms with E-state index in [-0.39, 0.29) is 5.25 Å². The topological polar surface area (TPSA) is 60.2 Å². The Hall–Kier alpha value is -0.0900. The molecule has 88 valence electrons. The summed E-state index contributed by atoms with van der Waals surface area (Å²) in [5.41, 5.74) is 5.92. The van der Waals surface area contributed by atoms with Crippen LogP contribution in [0.1, 0.15) is 51.4 Å². The molecule has 1 aliphatic heterocycles. The fourth-order valence-electron chi connectivity index (χ4n) is 3.13. The van der Waals surface area contributed by atoms with Gasteiger partial charge < -0.3 is 5.73 Å². The van der Waals surface area contributed by atoms with Gasteiger partial charge in [0.05, 0.1) is 11.0 Å². The molecule has 0 radical (unpaired) electrons. The van der Waals surface area contributed by atoms with E-state index in [0.29, 0.717) is 5.75 Å². The molecule has 2 fully saturated rings. The van der Waals surface area contributed by atoms with Crippen molar-refractivity contribution in [3.63, 3.8) is 0 Å². The van der Waals surface area contributed by atoms with E-state index < -0.39 is 15.4 Å². The maximum atomic E-state index is 12.0. The Balaban J connectivity index is 2.20. The van der Waals surface area contributed by atoms with Crippen LogP contribution in [0.4, 0.5) is 0 Å². The van der Waals surface area contributed by atoms with Gasteiger partial charge in [-0.3, -0.25) is 0 Å². The summed E-state index contributed by atoms with van der Waals surface area (Å²) in [6.45, 7) is 0. The monoisotopic (exact) mass is 231 g/mol. The van der Waals surface area contributed by atoms with Crippen LogP contribution in [0.5, 0.6) is 0 Å². The summed E-state index contributed by atoms with van der Waals surface area (Å²) in [7, 11) is -2.91. The van der Waals surface area contributed by atoms with Gasteiger partial charge in [0.25, 0.3) is 0 Å². The Bertz CT molecular complexity index is 317. The van der Waals surface area contributed by atoms with Gasteiger partial charge >= 0.3 is 0 Å². The van der Waals surface area contributed by atoms with Crippen LogP contribution in [0.3, 0.4) is 0 Å². The summed E-state index contributed by atoms with van der Waals surface area (Å²) >= 11 is 0. The summed E-state index contributed by atoms with van der Waals surface area (Å²) in [6.07, 6.45) is 7.86. The third kappa shape index (κ3) is 2.21. The zero-order valence-corrected chi connectivity index (χ0v) is 10.1. The second kappa shape index (κ2) is 4.06. The van der Waals surface area contributed by atoms with Crippen LogP contribution in [-0.4, -0.2) is 25.0 Å². The van der Waals surface area contributed by atoms with Gasteiger partial charge in [-0.1, -0.05) is 25.7 Å². The number of hydrogen-bond acceptors (Lipinski definition) is 3. The zero-order chi connectivity index (χ0) is 10.9. The Kier molecular flexibility index (Phi) is 3.08. The van der Waals surface area contributed by atoms with Crippen molar-refractivity contribution in [3.8, 4) is 0 Å². The molecule has 2 rings (SSSR count). The first-order valence-electron chi connectivity index (χ1n) is 6.05. The van der Waals surface area contributed by atoms with Crippen molar-refractivity contribution in [2.45, 2.75) is 62.2 Å². The molecule has 1 heterocycles. The van der Waals surface area contributed by atoms with Crippen LogP contribution < -0.4 is 5.73 Å². The highest BCUT2D eigenvalue weighted by Crippen LogP contribution is 2.36. The lowest BCUT2D eigenvalue weighted by atomic mass is 9.78. The highest BCUT2D eigenvalue weighted by atomic mass is 32.2. The van der Waals surface area contributed by atoms with Gasteiger partial charge in [0.15, 0.2) is 9.84 Å². The summed E-state index contributed by atoms with van der Waals surface area (Å²) < 4.78 is 24.0. The van der Waals surface area contributed by atoms with Gasteiger partial charge in [0.2, 0.25) is 0 Å². The number of nitrogens with two attached hydrogens (primary N) is 1. The fraction of sp³-hybridized carbons (Fsp3) is 1.00. The molecule has 1 unspecified atom stereocenters. The van der Waals surface area contributed by atoms with E-state index in [2.05, 4.69) is 0 Å². The van der Waals surface area contributed by atoms with Crippen LogP contribution in [-0.2, 0) is 9.84 Å².